The first kappa shape index (κ1) is 14.2. The van der Waals surface area contributed by atoms with E-state index in [1.807, 2.05) is 6.07 Å². The summed E-state index contributed by atoms with van der Waals surface area (Å²) in [5, 5.41) is 9.24. The van der Waals surface area contributed by atoms with Crippen LogP contribution in [0.4, 0.5) is 0 Å². The second-order valence-electron chi connectivity index (χ2n) is 5.13. The maximum Gasteiger partial charge on any atom is 0.274 e. The molecule has 2 aromatic heterocycles. The quantitative estimate of drug-likeness (QED) is 0.885. The molecule has 22 heavy (non-hydrogen) atoms. The lowest BCUT2D eigenvalue weighted by Gasteiger charge is -2.13. The van der Waals surface area contributed by atoms with Gasteiger partial charge in [0.15, 0.2) is 11.5 Å². The highest BCUT2D eigenvalue weighted by molar-refractivity contribution is 5.96. The fourth-order valence-electron chi connectivity index (χ4n) is 2.34. The van der Waals surface area contributed by atoms with Gasteiger partial charge in [0.25, 0.3) is 5.91 Å². The van der Waals surface area contributed by atoms with Crippen molar-refractivity contribution in [3.63, 3.8) is 0 Å². The minimum absolute atomic E-state index is 0.149. The van der Waals surface area contributed by atoms with E-state index in [-0.39, 0.29) is 11.6 Å². The summed E-state index contributed by atoms with van der Waals surface area (Å²) in [6, 6.07) is 4.61. The summed E-state index contributed by atoms with van der Waals surface area (Å²) in [4.78, 5) is 28.0. The van der Waals surface area contributed by atoms with Crippen LogP contribution in [0.15, 0.2) is 35.1 Å². The van der Waals surface area contributed by atoms with Crippen molar-refractivity contribution < 1.29 is 14.1 Å². The Kier molecular flexibility index (Phi) is 4.13. The van der Waals surface area contributed by atoms with E-state index in [0.717, 1.165) is 18.4 Å². The SMILES string of the molecule is O=C(NC1CCCCNC1=O)c1cc(-c2cccnc2)on1. The second-order valence-corrected chi connectivity index (χ2v) is 5.13. The molecule has 0 aliphatic carbocycles. The molecule has 1 aliphatic rings. The van der Waals surface area contributed by atoms with Crippen LogP contribution in [0, 0.1) is 0 Å². The molecule has 1 aliphatic heterocycles. The molecule has 7 heteroatoms. The normalized spacial score (nSPS) is 18.4. The van der Waals surface area contributed by atoms with E-state index in [1.165, 1.54) is 0 Å². The first-order valence-corrected chi connectivity index (χ1v) is 7.20. The van der Waals surface area contributed by atoms with Gasteiger partial charge in [-0.15, -0.1) is 0 Å². The molecule has 1 saturated heterocycles. The largest absolute Gasteiger partial charge is 0.355 e. The van der Waals surface area contributed by atoms with Crippen molar-refractivity contribution in [2.24, 2.45) is 0 Å². The van der Waals surface area contributed by atoms with Crippen molar-refractivity contribution in [1.82, 2.24) is 20.8 Å². The third kappa shape index (κ3) is 3.13. The molecular formula is C15H16N4O3. The molecule has 3 rings (SSSR count). The number of hydrogen-bond acceptors (Lipinski definition) is 5. The minimum atomic E-state index is -0.520. The molecule has 0 saturated carbocycles. The molecule has 3 heterocycles. The molecule has 2 amide bonds. The third-order valence-corrected chi connectivity index (χ3v) is 3.53. The summed E-state index contributed by atoms with van der Waals surface area (Å²) < 4.78 is 5.16. The smallest absolute Gasteiger partial charge is 0.274 e. The third-order valence-electron chi connectivity index (χ3n) is 3.53. The van der Waals surface area contributed by atoms with Crippen molar-refractivity contribution in [3.8, 4) is 11.3 Å². The molecular weight excluding hydrogens is 284 g/mol. The molecule has 1 unspecified atom stereocenters. The van der Waals surface area contributed by atoms with Crippen LogP contribution >= 0.6 is 0 Å². The summed E-state index contributed by atoms with van der Waals surface area (Å²) in [7, 11) is 0. The Balaban J connectivity index is 1.70. The molecule has 2 aromatic rings. The van der Waals surface area contributed by atoms with Gasteiger partial charge in [0.2, 0.25) is 5.91 Å². The zero-order valence-corrected chi connectivity index (χ0v) is 11.9. The Hall–Kier alpha value is -2.70. The first-order chi connectivity index (χ1) is 10.7. The molecule has 0 aromatic carbocycles. The number of carbonyl (C=O) groups is 2. The number of nitrogens with one attached hydrogen (secondary N) is 2. The minimum Gasteiger partial charge on any atom is -0.355 e. The monoisotopic (exact) mass is 300 g/mol. The average Bonchev–Trinajstić information content (AvgIpc) is 2.96. The van der Waals surface area contributed by atoms with E-state index in [4.69, 9.17) is 4.52 Å². The predicted molar refractivity (Wildman–Crippen MR) is 77.8 cm³/mol. The zero-order chi connectivity index (χ0) is 15.4. The molecule has 1 fully saturated rings. The zero-order valence-electron chi connectivity index (χ0n) is 11.9. The van der Waals surface area contributed by atoms with Gasteiger partial charge >= 0.3 is 0 Å². The van der Waals surface area contributed by atoms with Gasteiger partial charge in [-0.05, 0) is 31.4 Å². The molecule has 0 bridgehead atoms. The lowest BCUT2D eigenvalue weighted by Crippen LogP contribution is -2.45. The van der Waals surface area contributed by atoms with E-state index < -0.39 is 11.9 Å². The topological polar surface area (TPSA) is 97.1 Å². The maximum atomic E-state index is 12.2. The van der Waals surface area contributed by atoms with Crippen LogP contribution in [0.25, 0.3) is 11.3 Å². The van der Waals surface area contributed by atoms with E-state index in [0.29, 0.717) is 18.7 Å². The van der Waals surface area contributed by atoms with Crippen molar-refractivity contribution >= 4 is 11.8 Å². The first-order valence-electron chi connectivity index (χ1n) is 7.20. The Labute approximate surface area is 127 Å². The highest BCUT2D eigenvalue weighted by Gasteiger charge is 2.24. The molecule has 114 valence electrons. The molecule has 0 radical (unpaired) electrons. The Morgan fingerprint density at radius 1 is 1.41 bits per heavy atom. The van der Waals surface area contributed by atoms with Crippen molar-refractivity contribution in [2.75, 3.05) is 6.54 Å². The number of aromatic nitrogens is 2. The Bertz CT molecular complexity index is 668. The average molecular weight is 300 g/mol. The van der Waals surface area contributed by atoms with Gasteiger partial charge in [-0.3, -0.25) is 14.6 Å². The summed E-state index contributed by atoms with van der Waals surface area (Å²) in [6.07, 6.45) is 5.72. The predicted octanol–water partition coefficient (Wildman–Crippen LogP) is 1.14. The number of hydrogen-bond donors (Lipinski definition) is 2. The summed E-state index contributed by atoms with van der Waals surface area (Å²) in [5.41, 5.74) is 0.886. The van der Waals surface area contributed by atoms with Crippen LogP contribution in [0.1, 0.15) is 29.8 Å². The van der Waals surface area contributed by atoms with Gasteiger partial charge in [0, 0.05) is 30.6 Å². The van der Waals surface area contributed by atoms with Gasteiger partial charge in [-0.2, -0.15) is 0 Å². The van der Waals surface area contributed by atoms with Crippen LogP contribution in [-0.4, -0.2) is 34.5 Å². The van der Waals surface area contributed by atoms with Crippen LogP contribution in [0.3, 0.4) is 0 Å². The fraction of sp³-hybridized carbons (Fsp3) is 0.333. The number of amides is 2. The Morgan fingerprint density at radius 2 is 2.32 bits per heavy atom. The lowest BCUT2D eigenvalue weighted by molar-refractivity contribution is -0.122. The lowest BCUT2D eigenvalue weighted by atomic mass is 10.1. The standard InChI is InChI=1S/C15H16N4O3/c20-14-11(5-1-2-7-17-14)18-15(21)12-8-13(22-19-12)10-4-3-6-16-9-10/h3-4,6,8-9,11H,1-2,5,7H2,(H,17,20)(H,18,21). The second kappa shape index (κ2) is 6.38. The summed E-state index contributed by atoms with van der Waals surface area (Å²) in [5.74, 6) is -0.105. The van der Waals surface area contributed by atoms with Crippen LogP contribution < -0.4 is 10.6 Å². The fourth-order valence-corrected chi connectivity index (χ4v) is 2.34. The summed E-state index contributed by atoms with van der Waals surface area (Å²) >= 11 is 0. The van der Waals surface area contributed by atoms with Gasteiger partial charge < -0.3 is 15.2 Å². The van der Waals surface area contributed by atoms with Gasteiger partial charge in [0.1, 0.15) is 6.04 Å². The number of nitrogens with zero attached hydrogens (tertiary/aromatic N) is 2. The maximum absolute atomic E-state index is 12.2. The van der Waals surface area contributed by atoms with E-state index in [2.05, 4.69) is 20.8 Å². The van der Waals surface area contributed by atoms with Crippen molar-refractivity contribution in [1.29, 1.82) is 0 Å². The van der Waals surface area contributed by atoms with Crippen LogP contribution in [0.2, 0.25) is 0 Å². The van der Waals surface area contributed by atoms with Gasteiger partial charge in [0.05, 0.1) is 0 Å². The Morgan fingerprint density at radius 3 is 3.14 bits per heavy atom. The highest BCUT2D eigenvalue weighted by Crippen LogP contribution is 2.19. The number of carbonyl (C=O) groups excluding carboxylic acids is 2. The van der Waals surface area contributed by atoms with Crippen molar-refractivity contribution in [2.45, 2.75) is 25.3 Å². The van der Waals surface area contributed by atoms with E-state index in [1.54, 1.807) is 24.5 Å². The van der Waals surface area contributed by atoms with Gasteiger partial charge in [-0.1, -0.05) is 5.16 Å². The molecule has 0 spiro atoms. The van der Waals surface area contributed by atoms with Crippen LogP contribution in [-0.2, 0) is 4.79 Å². The molecule has 2 N–H and O–H groups in total. The van der Waals surface area contributed by atoms with E-state index in [9.17, 15) is 9.59 Å². The highest BCUT2D eigenvalue weighted by atomic mass is 16.5. The number of rotatable bonds is 3. The molecule has 7 nitrogen and oxygen atoms in total. The van der Waals surface area contributed by atoms with Gasteiger partial charge in [-0.25, -0.2) is 0 Å². The molecule has 1 atom stereocenters. The van der Waals surface area contributed by atoms with E-state index >= 15 is 0 Å². The summed E-state index contributed by atoms with van der Waals surface area (Å²) in [6.45, 7) is 0.653. The van der Waals surface area contributed by atoms with Crippen molar-refractivity contribution in [3.05, 3.63) is 36.3 Å². The number of pyridine rings is 1. The van der Waals surface area contributed by atoms with Crippen LogP contribution in [0.5, 0.6) is 0 Å².